The zero-order chi connectivity index (χ0) is 24.8. The van der Waals surface area contributed by atoms with Gasteiger partial charge in [-0.05, 0) is 46.0 Å². The first-order chi connectivity index (χ1) is 16.4. The molecule has 1 heterocycles. The minimum Gasteiger partial charge on any atom is -0.368 e. The van der Waals surface area contributed by atoms with E-state index in [1.165, 1.54) is 32.1 Å². The summed E-state index contributed by atoms with van der Waals surface area (Å²) >= 11 is 0. The summed E-state index contributed by atoms with van der Waals surface area (Å²) in [6.07, 6.45) is 14.7. The molecule has 0 bridgehead atoms. The van der Waals surface area contributed by atoms with Gasteiger partial charge in [0, 0.05) is 37.5 Å². The van der Waals surface area contributed by atoms with Crippen LogP contribution >= 0.6 is 0 Å². The smallest absolute Gasteiger partial charge is 0.239 e. The summed E-state index contributed by atoms with van der Waals surface area (Å²) in [5.41, 5.74) is 6.36. The van der Waals surface area contributed by atoms with Crippen molar-refractivity contribution in [1.29, 1.82) is 0 Å². The van der Waals surface area contributed by atoms with Crippen LogP contribution in [-0.2, 0) is 20.8 Å². The van der Waals surface area contributed by atoms with E-state index in [0.29, 0.717) is 32.2 Å². The molecule has 0 radical (unpaired) electrons. The first kappa shape index (κ1) is 27.8. The van der Waals surface area contributed by atoms with Crippen LogP contribution in [0.2, 0.25) is 0 Å². The van der Waals surface area contributed by atoms with Gasteiger partial charge in [-0.25, -0.2) is 4.68 Å². The predicted octanol–water partition coefficient (Wildman–Crippen LogP) is 3.19. The number of aryl methyl sites for hydroxylation is 1. The third kappa shape index (κ3) is 10.7. The van der Waals surface area contributed by atoms with Gasteiger partial charge < -0.3 is 16.4 Å². The Balaban J connectivity index is 1.64. The second-order valence-electron chi connectivity index (χ2n) is 9.84. The van der Waals surface area contributed by atoms with Crippen LogP contribution in [-0.4, -0.2) is 45.3 Å². The minimum atomic E-state index is -0.651. The lowest BCUT2D eigenvalue weighted by atomic mass is 9.91. The predicted molar refractivity (Wildman–Crippen MR) is 132 cm³/mol. The van der Waals surface area contributed by atoms with E-state index in [-0.39, 0.29) is 23.8 Å². The highest BCUT2D eigenvalue weighted by atomic mass is 16.2. The lowest BCUT2D eigenvalue weighted by Crippen LogP contribution is -2.46. The summed E-state index contributed by atoms with van der Waals surface area (Å²) in [5, 5.41) is 13.9. The van der Waals surface area contributed by atoms with E-state index in [9.17, 15) is 14.4 Å². The van der Waals surface area contributed by atoms with Crippen LogP contribution in [0, 0.1) is 5.92 Å². The number of nitrogens with one attached hydrogen (secondary N) is 2. The summed E-state index contributed by atoms with van der Waals surface area (Å²) in [6, 6.07) is -0.405. The fraction of sp³-hybridized carbons (Fsp3) is 0.800. The second kappa shape index (κ2) is 15.5. The molecule has 3 amide bonds. The van der Waals surface area contributed by atoms with Crippen LogP contribution in [0.4, 0.5) is 0 Å². The Labute approximate surface area is 204 Å². The molecule has 1 atom stereocenters. The molecule has 192 valence electrons. The number of hydrogen-bond acceptors (Lipinski definition) is 5. The van der Waals surface area contributed by atoms with Crippen LogP contribution in [0.5, 0.6) is 0 Å². The van der Waals surface area contributed by atoms with E-state index < -0.39 is 11.9 Å². The largest absolute Gasteiger partial charge is 0.368 e. The van der Waals surface area contributed by atoms with Gasteiger partial charge >= 0.3 is 0 Å². The second-order valence-corrected chi connectivity index (χ2v) is 9.84. The van der Waals surface area contributed by atoms with Crippen molar-refractivity contribution in [2.75, 3.05) is 6.54 Å². The third-order valence-electron chi connectivity index (χ3n) is 6.57. The number of carbonyl (C=O) groups excluding carboxylic acids is 3. The van der Waals surface area contributed by atoms with Crippen LogP contribution < -0.4 is 16.4 Å². The topological polar surface area (TPSA) is 132 Å². The lowest BCUT2D eigenvalue weighted by molar-refractivity contribution is -0.130. The van der Waals surface area contributed by atoms with Crippen molar-refractivity contribution in [3.63, 3.8) is 0 Å². The molecule has 1 saturated carbocycles. The summed E-state index contributed by atoms with van der Waals surface area (Å²) in [6.45, 7) is 4.58. The highest BCUT2D eigenvalue weighted by Crippen LogP contribution is 2.22. The van der Waals surface area contributed by atoms with Gasteiger partial charge in [0.15, 0.2) is 0 Å². The normalized spacial score (nSPS) is 16.7. The molecule has 1 aliphatic carbocycles. The molecule has 1 fully saturated rings. The number of carbonyl (C=O) groups is 3. The van der Waals surface area contributed by atoms with Crippen molar-refractivity contribution >= 4 is 17.7 Å². The van der Waals surface area contributed by atoms with Crippen molar-refractivity contribution < 1.29 is 14.4 Å². The fourth-order valence-corrected chi connectivity index (χ4v) is 4.36. The molecule has 0 aliphatic heterocycles. The van der Waals surface area contributed by atoms with Gasteiger partial charge in [-0.3, -0.25) is 14.4 Å². The molecule has 1 aromatic heterocycles. The molecule has 34 heavy (non-hydrogen) atoms. The Morgan fingerprint density at radius 1 is 1.06 bits per heavy atom. The molecular weight excluding hydrogens is 432 g/mol. The first-order valence-corrected chi connectivity index (χ1v) is 13.1. The Morgan fingerprint density at radius 3 is 2.29 bits per heavy atom. The highest BCUT2D eigenvalue weighted by Gasteiger charge is 2.24. The molecule has 2 rings (SSSR count). The van der Waals surface area contributed by atoms with Crippen molar-refractivity contribution in [2.45, 2.75) is 116 Å². The molecule has 1 aromatic rings. The lowest BCUT2D eigenvalue weighted by Gasteiger charge is -2.22. The minimum absolute atomic E-state index is 0.0265. The van der Waals surface area contributed by atoms with Crippen LogP contribution in [0.25, 0.3) is 0 Å². The number of rotatable bonds is 12. The number of nitrogens with two attached hydrogens (primary N) is 1. The van der Waals surface area contributed by atoms with Gasteiger partial charge in [-0.15, -0.1) is 5.10 Å². The van der Waals surface area contributed by atoms with E-state index in [2.05, 4.69) is 20.9 Å². The van der Waals surface area contributed by atoms with Gasteiger partial charge in [-0.2, -0.15) is 0 Å². The third-order valence-corrected chi connectivity index (χ3v) is 6.57. The first-order valence-electron chi connectivity index (χ1n) is 13.1. The number of aromatic nitrogens is 3. The number of nitrogens with zero attached hydrogens (tertiary/aromatic N) is 3. The summed E-state index contributed by atoms with van der Waals surface area (Å²) in [4.78, 5) is 36.8. The van der Waals surface area contributed by atoms with Gasteiger partial charge in [-0.1, -0.05) is 50.2 Å². The molecule has 0 aromatic carbocycles. The standard InChI is InChI=1S/C25H44N6O3/c1-19(2)31-18-21(29-30-31)15-16-23(32)27-17-11-10-14-22(24(26)33)28-25(34)20-12-8-6-4-3-5-7-9-13-20/h18-20,22H,3-17H2,1-2H3,(H2,26,33)(H,27,32)(H,28,34)/t22-/m0/s1. The Bertz CT molecular complexity index is 754. The van der Waals surface area contributed by atoms with E-state index >= 15 is 0 Å². The summed E-state index contributed by atoms with van der Waals surface area (Å²) in [5.74, 6) is -0.588. The van der Waals surface area contributed by atoms with Gasteiger partial charge in [0.1, 0.15) is 6.04 Å². The molecule has 4 N–H and O–H groups in total. The van der Waals surface area contributed by atoms with Crippen molar-refractivity contribution in [1.82, 2.24) is 25.6 Å². The van der Waals surface area contributed by atoms with Gasteiger partial charge in [0.2, 0.25) is 17.7 Å². The maximum atomic E-state index is 12.8. The molecule has 1 aliphatic rings. The van der Waals surface area contributed by atoms with E-state index in [0.717, 1.165) is 37.8 Å². The SMILES string of the molecule is CC(C)n1cc(CCC(=O)NCCCC[C@H](NC(=O)C2CCCCCCCCC2)C(N)=O)nn1. The van der Waals surface area contributed by atoms with Crippen LogP contribution in [0.3, 0.4) is 0 Å². The quantitative estimate of drug-likeness (QED) is 0.399. The molecule has 0 saturated heterocycles. The molecular formula is C25H44N6O3. The molecule has 9 nitrogen and oxygen atoms in total. The van der Waals surface area contributed by atoms with E-state index in [4.69, 9.17) is 5.73 Å². The highest BCUT2D eigenvalue weighted by molar-refractivity contribution is 5.87. The Morgan fingerprint density at radius 2 is 1.71 bits per heavy atom. The number of hydrogen-bond donors (Lipinski definition) is 3. The van der Waals surface area contributed by atoms with E-state index in [1.54, 1.807) is 4.68 Å². The molecule has 0 spiro atoms. The van der Waals surface area contributed by atoms with Crippen LogP contribution in [0.1, 0.15) is 109 Å². The molecule has 9 heteroatoms. The summed E-state index contributed by atoms with van der Waals surface area (Å²) in [7, 11) is 0. The van der Waals surface area contributed by atoms with E-state index in [1.807, 2.05) is 20.0 Å². The van der Waals surface area contributed by atoms with Crippen molar-refractivity contribution in [2.24, 2.45) is 11.7 Å². The Hall–Kier alpha value is -2.45. The maximum Gasteiger partial charge on any atom is 0.239 e. The zero-order valence-corrected chi connectivity index (χ0v) is 21.1. The zero-order valence-electron chi connectivity index (χ0n) is 21.1. The fourth-order valence-electron chi connectivity index (χ4n) is 4.36. The maximum absolute atomic E-state index is 12.8. The van der Waals surface area contributed by atoms with Crippen molar-refractivity contribution in [3.8, 4) is 0 Å². The number of unbranched alkanes of at least 4 members (excludes halogenated alkanes) is 1. The Kier molecular flexibility index (Phi) is 12.6. The van der Waals surface area contributed by atoms with Crippen molar-refractivity contribution in [3.05, 3.63) is 11.9 Å². The summed E-state index contributed by atoms with van der Waals surface area (Å²) < 4.78 is 1.78. The van der Waals surface area contributed by atoms with Gasteiger partial charge in [0.05, 0.1) is 5.69 Å². The average molecular weight is 477 g/mol. The average Bonchev–Trinajstić information content (AvgIpc) is 3.29. The number of primary amides is 1. The van der Waals surface area contributed by atoms with Gasteiger partial charge in [0.25, 0.3) is 0 Å². The number of amides is 3. The van der Waals surface area contributed by atoms with Crippen LogP contribution in [0.15, 0.2) is 6.20 Å². The monoisotopic (exact) mass is 476 g/mol. The molecule has 0 unspecified atom stereocenters.